The number of hydrogen-bond acceptors (Lipinski definition) is 3. The molecule has 1 aliphatic rings. The Morgan fingerprint density at radius 1 is 1.32 bits per heavy atom. The molecule has 25 heavy (non-hydrogen) atoms. The zero-order valence-corrected chi connectivity index (χ0v) is 13.4. The predicted octanol–water partition coefficient (Wildman–Crippen LogP) is 3.83. The molecule has 0 radical (unpaired) electrons. The number of halogens is 3. The van der Waals surface area contributed by atoms with Gasteiger partial charge in [0.15, 0.2) is 5.76 Å². The van der Waals surface area contributed by atoms with E-state index in [0.717, 1.165) is 5.56 Å². The van der Waals surface area contributed by atoms with Crippen LogP contribution in [0.4, 0.5) is 18.0 Å². The van der Waals surface area contributed by atoms with Gasteiger partial charge in [0.2, 0.25) is 0 Å². The molecule has 0 unspecified atom stereocenters. The Balaban J connectivity index is 1.55. The summed E-state index contributed by atoms with van der Waals surface area (Å²) in [6, 6.07) is 10.6. The highest BCUT2D eigenvalue weighted by Gasteiger charge is 2.42. The molecule has 1 aliphatic heterocycles. The quantitative estimate of drug-likeness (QED) is 0.912. The van der Waals surface area contributed by atoms with Gasteiger partial charge in [0.25, 0.3) is 0 Å². The van der Waals surface area contributed by atoms with Crippen molar-refractivity contribution in [2.24, 2.45) is 5.92 Å². The molecule has 1 fully saturated rings. The maximum Gasteiger partial charge on any atom is 0.393 e. The summed E-state index contributed by atoms with van der Waals surface area (Å²) in [5.74, 6) is -1.02. The van der Waals surface area contributed by atoms with E-state index in [9.17, 15) is 18.0 Å². The molecule has 1 N–H and O–H groups in total. The van der Waals surface area contributed by atoms with Gasteiger partial charge in [-0.2, -0.15) is 13.2 Å². The average molecular weight is 353 g/mol. The number of rotatable bonds is 3. The van der Waals surface area contributed by atoms with Gasteiger partial charge in [-0.05, 0) is 12.8 Å². The summed E-state index contributed by atoms with van der Waals surface area (Å²) in [5, 5.41) is 6.52. The van der Waals surface area contributed by atoms with E-state index in [0.29, 0.717) is 24.4 Å². The largest absolute Gasteiger partial charge is 0.393 e. The highest BCUT2D eigenvalue weighted by molar-refractivity contribution is 5.74. The van der Waals surface area contributed by atoms with Gasteiger partial charge in [0.05, 0.1) is 12.5 Å². The number of carbonyl (C=O) groups is 1. The van der Waals surface area contributed by atoms with Crippen molar-refractivity contribution in [1.29, 1.82) is 0 Å². The molecule has 134 valence electrons. The van der Waals surface area contributed by atoms with E-state index in [4.69, 9.17) is 4.52 Å². The summed E-state index contributed by atoms with van der Waals surface area (Å²) in [5.41, 5.74) is 1.52. The van der Waals surface area contributed by atoms with Crippen molar-refractivity contribution in [2.45, 2.75) is 25.6 Å². The van der Waals surface area contributed by atoms with E-state index in [1.807, 2.05) is 30.3 Å². The summed E-state index contributed by atoms with van der Waals surface area (Å²) in [4.78, 5) is 13.3. The summed E-state index contributed by atoms with van der Waals surface area (Å²) in [6.07, 6.45) is -3.86. The fourth-order valence-electron chi connectivity index (χ4n) is 2.84. The van der Waals surface area contributed by atoms with E-state index >= 15 is 0 Å². The van der Waals surface area contributed by atoms with Gasteiger partial charge in [-0.1, -0.05) is 35.5 Å². The van der Waals surface area contributed by atoms with Crippen LogP contribution in [0, 0.1) is 5.92 Å². The zero-order valence-electron chi connectivity index (χ0n) is 13.4. The zero-order chi connectivity index (χ0) is 17.9. The molecule has 1 saturated heterocycles. The Labute approximate surface area is 142 Å². The first-order valence-electron chi connectivity index (χ1n) is 8.04. The number of piperidine rings is 1. The highest BCUT2D eigenvalue weighted by atomic mass is 19.4. The number of nitrogens with one attached hydrogen (secondary N) is 1. The standard InChI is InChI=1S/C17H18F3N3O2/c18-17(19,20)13-7-4-8-23(11-13)16(24)21-10-14-9-15(22-25-14)12-5-2-1-3-6-12/h1-3,5-6,9,13H,4,7-8,10-11H2,(H,21,24)/t13-/m1/s1. The van der Waals surface area contributed by atoms with Gasteiger partial charge in [-0.25, -0.2) is 4.79 Å². The van der Waals surface area contributed by atoms with Crippen LogP contribution in [0.2, 0.25) is 0 Å². The third-order valence-electron chi connectivity index (χ3n) is 4.21. The first-order valence-corrected chi connectivity index (χ1v) is 8.04. The van der Waals surface area contributed by atoms with Gasteiger partial charge in [0.1, 0.15) is 5.69 Å². The lowest BCUT2D eigenvalue weighted by molar-refractivity contribution is -0.184. The Morgan fingerprint density at radius 3 is 2.80 bits per heavy atom. The number of likely N-dealkylation sites (tertiary alicyclic amines) is 1. The number of benzene rings is 1. The molecule has 0 saturated carbocycles. The first-order chi connectivity index (χ1) is 11.9. The maximum atomic E-state index is 12.8. The van der Waals surface area contributed by atoms with Gasteiger partial charge in [-0.3, -0.25) is 0 Å². The number of nitrogens with zero attached hydrogens (tertiary/aromatic N) is 2. The smallest absolute Gasteiger partial charge is 0.359 e. The SMILES string of the molecule is O=C(NCc1cc(-c2ccccc2)no1)N1CCC[C@@H](C(F)(F)F)C1. The van der Waals surface area contributed by atoms with Crippen LogP contribution in [0.1, 0.15) is 18.6 Å². The number of aromatic nitrogens is 1. The van der Waals surface area contributed by atoms with Gasteiger partial charge < -0.3 is 14.7 Å². The van der Waals surface area contributed by atoms with Crippen LogP contribution >= 0.6 is 0 Å². The number of amides is 2. The van der Waals surface area contributed by atoms with E-state index < -0.39 is 18.1 Å². The molecule has 0 bridgehead atoms. The summed E-state index contributed by atoms with van der Waals surface area (Å²) >= 11 is 0. The van der Waals surface area contributed by atoms with Crippen molar-refractivity contribution in [2.75, 3.05) is 13.1 Å². The minimum atomic E-state index is -4.27. The molecule has 2 amide bonds. The number of urea groups is 1. The van der Waals surface area contributed by atoms with Crippen LogP contribution in [0.5, 0.6) is 0 Å². The van der Waals surface area contributed by atoms with Crippen molar-refractivity contribution >= 4 is 6.03 Å². The van der Waals surface area contributed by atoms with Crippen molar-refractivity contribution < 1.29 is 22.5 Å². The van der Waals surface area contributed by atoms with E-state index in [2.05, 4.69) is 10.5 Å². The normalized spacial score (nSPS) is 18.2. The van der Waals surface area contributed by atoms with Crippen molar-refractivity contribution in [3.8, 4) is 11.3 Å². The molecule has 2 heterocycles. The van der Waals surface area contributed by atoms with Gasteiger partial charge in [0, 0.05) is 24.7 Å². The minimum Gasteiger partial charge on any atom is -0.359 e. The Morgan fingerprint density at radius 2 is 2.08 bits per heavy atom. The second-order valence-corrected chi connectivity index (χ2v) is 6.03. The van der Waals surface area contributed by atoms with Crippen LogP contribution in [-0.4, -0.2) is 35.4 Å². The lowest BCUT2D eigenvalue weighted by Crippen LogP contribution is -2.48. The predicted molar refractivity (Wildman–Crippen MR) is 84.5 cm³/mol. The molecule has 3 rings (SSSR count). The van der Waals surface area contributed by atoms with Crippen LogP contribution in [0.3, 0.4) is 0 Å². The number of alkyl halides is 3. The monoisotopic (exact) mass is 353 g/mol. The van der Waals surface area contributed by atoms with Crippen molar-refractivity contribution in [1.82, 2.24) is 15.4 Å². The fourth-order valence-corrected chi connectivity index (χ4v) is 2.84. The number of hydrogen-bond donors (Lipinski definition) is 1. The van der Waals surface area contributed by atoms with Crippen molar-refractivity contribution in [3.63, 3.8) is 0 Å². The minimum absolute atomic E-state index is 0.0653. The van der Waals surface area contributed by atoms with E-state index in [1.54, 1.807) is 6.07 Å². The second kappa shape index (κ2) is 7.16. The van der Waals surface area contributed by atoms with Crippen LogP contribution < -0.4 is 5.32 Å². The summed E-state index contributed by atoms with van der Waals surface area (Å²) in [7, 11) is 0. The Kier molecular flexibility index (Phi) is 4.96. The van der Waals surface area contributed by atoms with Crippen LogP contribution in [0.15, 0.2) is 40.9 Å². The summed E-state index contributed by atoms with van der Waals surface area (Å²) < 4.78 is 43.6. The third-order valence-corrected chi connectivity index (χ3v) is 4.21. The molecule has 0 aliphatic carbocycles. The molecule has 0 spiro atoms. The molecule has 1 aromatic carbocycles. The first kappa shape index (κ1) is 17.3. The highest BCUT2D eigenvalue weighted by Crippen LogP contribution is 2.33. The third kappa shape index (κ3) is 4.32. The Bertz CT molecular complexity index is 715. The maximum absolute atomic E-state index is 12.8. The van der Waals surface area contributed by atoms with Crippen LogP contribution in [-0.2, 0) is 6.54 Å². The summed E-state index contributed by atoms with van der Waals surface area (Å²) in [6.45, 7) is 0.0942. The van der Waals surface area contributed by atoms with Crippen molar-refractivity contribution in [3.05, 3.63) is 42.2 Å². The molecular formula is C17H18F3N3O2. The molecule has 1 atom stereocenters. The molecule has 1 aromatic heterocycles. The molecule has 5 nitrogen and oxygen atoms in total. The fraction of sp³-hybridized carbons (Fsp3) is 0.412. The second-order valence-electron chi connectivity index (χ2n) is 6.03. The average Bonchev–Trinajstić information content (AvgIpc) is 3.09. The van der Waals surface area contributed by atoms with Crippen LogP contribution in [0.25, 0.3) is 11.3 Å². The van der Waals surface area contributed by atoms with E-state index in [1.165, 1.54) is 4.90 Å². The van der Waals surface area contributed by atoms with Gasteiger partial charge >= 0.3 is 12.2 Å². The molecule has 8 heteroatoms. The lowest BCUT2D eigenvalue weighted by atomic mass is 9.98. The molecular weight excluding hydrogens is 335 g/mol. The van der Waals surface area contributed by atoms with E-state index in [-0.39, 0.29) is 19.5 Å². The molecule has 2 aromatic rings. The lowest BCUT2D eigenvalue weighted by Gasteiger charge is -2.33. The van der Waals surface area contributed by atoms with Gasteiger partial charge in [-0.15, -0.1) is 0 Å². The number of carbonyl (C=O) groups excluding carboxylic acids is 1. The topological polar surface area (TPSA) is 58.4 Å². The Hall–Kier alpha value is -2.51.